The standard InChI is InChI=1S/C26H27ClF3N3O5S/c27-21-8-4-5-9-22(21)33-24(20(16-34)23(32-33)25(35)31-18-6-2-1-3-7-18)17-10-12-19(13-11-17)38-39(36,37)15-14-26(28,29)30/h4-5,8-13,18,34H,1-3,6-7,14-16H2,(H,31,35). The first kappa shape index (κ1) is 28.9. The number of hydrogen-bond acceptors (Lipinski definition) is 6. The molecule has 13 heteroatoms. The van der Waals surface area contributed by atoms with Gasteiger partial charge in [-0.1, -0.05) is 43.0 Å². The highest BCUT2D eigenvalue weighted by Crippen LogP contribution is 2.33. The lowest BCUT2D eigenvalue weighted by molar-refractivity contribution is -0.130. The van der Waals surface area contributed by atoms with Crippen LogP contribution in [0.4, 0.5) is 13.2 Å². The molecule has 0 bridgehead atoms. The Morgan fingerprint density at radius 1 is 1.10 bits per heavy atom. The third-order valence-electron chi connectivity index (χ3n) is 6.36. The minimum Gasteiger partial charge on any atom is -0.392 e. The number of hydrogen-bond donors (Lipinski definition) is 2. The molecule has 0 atom stereocenters. The molecular weight excluding hydrogens is 559 g/mol. The highest BCUT2D eigenvalue weighted by Gasteiger charge is 2.31. The summed E-state index contributed by atoms with van der Waals surface area (Å²) in [6.07, 6.45) is -1.33. The quantitative estimate of drug-likeness (QED) is 0.325. The maximum atomic E-state index is 13.3. The van der Waals surface area contributed by atoms with Crippen molar-refractivity contribution in [3.05, 3.63) is 64.8 Å². The van der Waals surface area contributed by atoms with Gasteiger partial charge < -0.3 is 14.6 Å². The Morgan fingerprint density at radius 2 is 1.77 bits per heavy atom. The van der Waals surface area contributed by atoms with Gasteiger partial charge in [-0.05, 0) is 49.2 Å². The molecule has 1 saturated carbocycles. The molecule has 1 fully saturated rings. The smallest absolute Gasteiger partial charge is 0.390 e. The average Bonchev–Trinajstić information content (AvgIpc) is 3.28. The van der Waals surface area contributed by atoms with Crippen molar-refractivity contribution >= 4 is 27.6 Å². The van der Waals surface area contributed by atoms with E-state index >= 15 is 0 Å². The molecule has 210 valence electrons. The molecule has 8 nitrogen and oxygen atoms in total. The zero-order chi connectivity index (χ0) is 28.2. The summed E-state index contributed by atoms with van der Waals surface area (Å²) in [6.45, 7) is -0.530. The molecule has 2 aromatic carbocycles. The van der Waals surface area contributed by atoms with Crippen molar-refractivity contribution in [2.75, 3.05) is 5.75 Å². The highest BCUT2D eigenvalue weighted by molar-refractivity contribution is 7.87. The predicted octanol–water partition coefficient (Wildman–Crippen LogP) is 5.41. The van der Waals surface area contributed by atoms with Crippen molar-refractivity contribution in [3.63, 3.8) is 0 Å². The average molecular weight is 586 g/mol. The van der Waals surface area contributed by atoms with E-state index in [9.17, 15) is 31.5 Å². The fraction of sp³-hybridized carbons (Fsp3) is 0.385. The van der Waals surface area contributed by atoms with Gasteiger partial charge in [0.1, 0.15) is 5.75 Å². The molecule has 2 N–H and O–H groups in total. The minimum atomic E-state index is -4.64. The summed E-state index contributed by atoms with van der Waals surface area (Å²) in [7, 11) is -4.48. The van der Waals surface area contributed by atoms with Gasteiger partial charge in [0.2, 0.25) is 0 Å². The highest BCUT2D eigenvalue weighted by atomic mass is 35.5. The molecule has 1 aromatic heterocycles. The summed E-state index contributed by atoms with van der Waals surface area (Å²) in [6, 6.07) is 12.3. The van der Waals surface area contributed by atoms with Crippen LogP contribution >= 0.6 is 11.6 Å². The topological polar surface area (TPSA) is 111 Å². The van der Waals surface area contributed by atoms with Crippen LogP contribution in [0.15, 0.2) is 48.5 Å². The molecule has 1 amide bonds. The van der Waals surface area contributed by atoms with Crippen LogP contribution in [0.3, 0.4) is 0 Å². The van der Waals surface area contributed by atoms with Crippen molar-refractivity contribution in [3.8, 4) is 22.7 Å². The van der Waals surface area contributed by atoms with Gasteiger partial charge in [-0.2, -0.15) is 26.7 Å². The number of alkyl halides is 3. The van der Waals surface area contributed by atoms with E-state index in [-0.39, 0.29) is 23.0 Å². The van der Waals surface area contributed by atoms with E-state index in [4.69, 9.17) is 15.8 Å². The molecule has 0 aliphatic heterocycles. The van der Waals surface area contributed by atoms with Gasteiger partial charge >= 0.3 is 16.3 Å². The normalized spacial score (nSPS) is 14.8. The molecule has 0 radical (unpaired) electrons. The van der Waals surface area contributed by atoms with Crippen LogP contribution in [-0.2, 0) is 16.7 Å². The third-order valence-corrected chi connectivity index (χ3v) is 7.83. The van der Waals surface area contributed by atoms with Gasteiger partial charge in [0.15, 0.2) is 5.69 Å². The number of amides is 1. The van der Waals surface area contributed by atoms with E-state index in [0.29, 0.717) is 22.0 Å². The summed E-state index contributed by atoms with van der Waals surface area (Å²) >= 11 is 6.43. The zero-order valence-corrected chi connectivity index (χ0v) is 22.3. The number of carbonyl (C=O) groups is 1. The minimum absolute atomic E-state index is 0.00225. The number of aromatic nitrogens is 2. The number of aliphatic hydroxyl groups is 1. The van der Waals surface area contributed by atoms with Gasteiger partial charge in [0.25, 0.3) is 5.91 Å². The van der Waals surface area contributed by atoms with Crippen LogP contribution in [-0.4, -0.2) is 47.2 Å². The molecule has 0 spiro atoms. The maximum Gasteiger partial charge on any atom is 0.390 e. The van der Waals surface area contributed by atoms with Crippen molar-refractivity contribution < 1.29 is 35.7 Å². The fourth-order valence-electron chi connectivity index (χ4n) is 4.47. The Bertz CT molecular complexity index is 1420. The van der Waals surface area contributed by atoms with Crippen LogP contribution in [0.5, 0.6) is 5.75 Å². The van der Waals surface area contributed by atoms with Gasteiger partial charge in [-0.15, -0.1) is 0 Å². The van der Waals surface area contributed by atoms with Crippen molar-refractivity contribution in [2.24, 2.45) is 0 Å². The number of nitrogens with one attached hydrogen (secondary N) is 1. The van der Waals surface area contributed by atoms with Crippen LogP contribution < -0.4 is 9.50 Å². The lowest BCUT2D eigenvalue weighted by atomic mass is 9.95. The van der Waals surface area contributed by atoms with E-state index < -0.39 is 41.0 Å². The number of nitrogens with zero attached hydrogens (tertiary/aromatic N) is 2. The number of para-hydroxylation sites is 1. The van der Waals surface area contributed by atoms with E-state index in [0.717, 1.165) is 32.1 Å². The summed E-state index contributed by atoms with van der Waals surface area (Å²) in [5.41, 5.74) is 1.47. The number of carbonyl (C=O) groups excluding carboxylic acids is 1. The summed E-state index contributed by atoms with van der Waals surface area (Å²) < 4.78 is 67.6. The summed E-state index contributed by atoms with van der Waals surface area (Å²) in [5, 5.41) is 18.2. The maximum absolute atomic E-state index is 13.3. The Labute approximate surface area is 228 Å². The fourth-order valence-corrected chi connectivity index (χ4v) is 5.66. The Kier molecular flexibility index (Phi) is 8.87. The van der Waals surface area contributed by atoms with Crippen molar-refractivity contribution in [2.45, 2.75) is 57.3 Å². The van der Waals surface area contributed by atoms with Crippen LogP contribution in [0.2, 0.25) is 5.02 Å². The molecule has 0 saturated heterocycles. The van der Waals surface area contributed by atoms with Crippen LogP contribution in [0, 0.1) is 0 Å². The van der Waals surface area contributed by atoms with Gasteiger partial charge in [-0.3, -0.25) is 4.79 Å². The van der Waals surface area contributed by atoms with Gasteiger partial charge in [0.05, 0.1) is 35.2 Å². The Hall–Kier alpha value is -3.09. The van der Waals surface area contributed by atoms with E-state index in [2.05, 4.69) is 10.4 Å². The second-order valence-electron chi connectivity index (χ2n) is 9.24. The first-order chi connectivity index (χ1) is 18.5. The van der Waals surface area contributed by atoms with Crippen molar-refractivity contribution in [1.82, 2.24) is 15.1 Å². The van der Waals surface area contributed by atoms with E-state index in [1.54, 1.807) is 24.3 Å². The molecule has 4 rings (SSSR count). The van der Waals surface area contributed by atoms with Crippen LogP contribution in [0.25, 0.3) is 16.9 Å². The number of rotatable bonds is 9. The van der Waals surface area contributed by atoms with Crippen molar-refractivity contribution in [1.29, 1.82) is 0 Å². The lowest BCUT2D eigenvalue weighted by Gasteiger charge is -2.22. The van der Waals surface area contributed by atoms with Gasteiger partial charge in [0, 0.05) is 17.2 Å². The molecule has 1 aliphatic rings. The molecule has 39 heavy (non-hydrogen) atoms. The monoisotopic (exact) mass is 585 g/mol. The molecule has 1 heterocycles. The van der Waals surface area contributed by atoms with E-state index in [1.807, 2.05) is 0 Å². The second-order valence-corrected chi connectivity index (χ2v) is 11.3. The number of aliphatic hydroxyl groups excluding tert-OH is 1. The summed E-state index contributed by atoms with van der Waals surface area (Å²) in [5.74, 6) is -1.84. The third kappa shape index (κ3) is 7.31. The Balaban J connectivity index is 1.70. The predicted molar refractivity (Wildman–Crippen MR) is 139 cm³/mol. The first-order valence-corrected chi connectivity index (χ1v) is 14.3. The SMILES string of the molecule is O=C(NC1CCCCC1)c1nn(-c2ccccc2Cl)c(-c2ccc(OS(=O)(=O)CCC(F)(F)F)cc2)c1CO. The molecular formula is C26H27ClF3N3O5S. The van der Waals surface area contributed by atoms with E-state index in [1.165, 1.54) is 28.9 Å². The second kappa shape index (κ2) is 12.0. The molecule has 0 unspecified atom stereocenters. The molecule has 3 aromatic rings. The molecule has 1 aliphatic carbocycles. The van der Waals surface area contributed by atoms with Gasteiger partial charge in [-0.25, -0.2) is 4.68 Å². The first-order valence-electron chi connectivity index (χ1n) is 12.4. The number of benzene rings is 2. The van der Waals surface area contributed by atoms with Crippen LogP contribution in [0.1, 0.15) is 54.6 Å². The zero-order valence-electron chi connectivity index (χ0n) is 20.7. The Morgan fingerprint density at radius 3 is 2.38 bits per heavy atom. The summed E-state index contributed by atoms with van der Waals surface area (Å²) in [4.78, 5) is 13.3. The lowest BCUT2D eigenvalue weighted by Crippen LogP contribution is -2.36. The largest absolute Gasteiger partial charge is 0.392 e. The number of halogens is 4.